The molecule has 3 rings (SSSR count). The van der Waals surface area contributed by atoms with Gasteiger partial charge < -0.3 is 10.0 Å². The van der Waals surface area contributed by atoms with E-state index in [0.717, 1.165) is 5.56 Å². The number of nitro benzene ring substituents is 1. The highest BCUT2D eigenvalue weighted by Gasteiger charge is 2.40. The van der Waals surface area contributed by atoms with Gasteiger partial charge in [-0.05, 0) is 30.2 Å². The molecular formula is C20H19ClN2O5. The maximum atomic E-state index is 12.9. The fourth-order valence-corrected chi connectivity index (χ4v) is 3.52. The summed E-state index contributed by atoms with van der Waals surface area (Å²) in [6, 6.07) is 12.0. The second-order valence-corrected chi connectivity index (χ2v) is 7.17. The quantitative estimate of drug-likeness (QED) is 0.591. The molecule has 2 aromatic carbocycles. The van der Waals surface area contributed by atoms with Gasteiger partial charge >= 0.3 is 0 Å². The Morgan fingerprint density at radius 2 is 1.86 bits per heavy atom. The summed E-state index contributed by atoms with van der Waals surface area (Å²) in [6.07, 6.45) is -0.0297. The van der Waals surface area contributed by atoms with Crippen LogP contribution in [0.4, 0.5) is 5.69 Å². The third kappa shape index (κ3) is 4.37. The second kappa shape index (κ2) is 8.50. The summed E-state index contributed by atoms with van der Waals surface area (Å²) in [5.74, 6) is -0.799. The summed E-state index contributed by atoms with van der Waals surface area (Å²) < 4.78 is 0. The van der Waals surface area contributed by atoms with E-state index in [1.54, 1.807) is 12.1 Å². The topological polar surface area (TPSA) is 101 Å². The lowest BCUT2D eigenvalue weighted by atomic mass is 10.0. The molecule has 0 aliphatic carbocycles. The fraction of sp³-hybridized carbons (Fsp3) is 0.300. The molecule has 0 radical (unpaired) electrons. The van der Waals surface area contributed by atoms with Crippen LogP contribution < -0.4 is 0 Å². The molecule has 0 spiro atoms. The van der Waals surface area contributed by atoms with Crippen molar-refractivity contribution in [2.24, 2.45) is 0 Å². The summed E-state index contributed by atoms with van der Waals surface area (Å²) >= 11 is 5.85. The van der Waals surface area contributed by atoms with Gasteiger partial charge in [0, 0.05) is 30.5 Å². The maximum absolute atomic E-state index is 12.9. The molecule has 0 unspecified atom stereocenters. The monoisotopic (exact) mass is 402 g/mol. The van der Waals surface area contributed by atoms with Gasteiger partial charge in [-0.1, -0.05) is 35.9 Å². The van der Waals surface area contributed by atoms with Gasteiger partial charge in [0.05, 0.1) is 17.1 Å². The SMILES string of the molecule is O=C(CCc1ccc(Cl)cc1)[C@@H]1C[C@@H](O)CN1C(=O)c1ccccc1[N+](=O)[O-]. The molecule has 1 aliphatic heterocycles. The van der Waals surface area contributed by atoms with Crippen LogP contribution in [0.3, 0.4) is 0 Å². The van der Waals surface area contributed by atoms with Crippen LogP contribution in [-0.2, 0) is 11.2 Å². The Bertz CT molecular complexity index is 900. The Hall–Kier alpha value is -2.77. The van der Waals surface area contributed by atoms with Crippen molar-refractivity contribution < 1.29 is 19.6 Å². The standard InChI is InChI=1S/C20H19ClN2O5/c21-14-8-5-13(6-9-14)7-10-19(25)18-11-15(24)12-22(18)20(26)16-3-1-2-4-17(16)23(27)28/h1-6,8-9,15,18,24H,7,10-12H2/t15-,18+/m1/s1. The summed E-state index contributed by atoms with van der Waals surface area (Å²) in [6.45, 7) is -0.0256. The number of rotatable bonds is 6. The summed E-state index contributed by atoms with van der Waals surface area (Å²) in [5.41, 5.74) is 0.534. The number of nitrogens with zero attached hydrogens (tertiary/aromatic N) is 2. The van der Waals surface area contributed by atoms with Crippen molar-refractivity contribution in [1.29, 1.82) is 0 Å². The van der Waals surface area contributed by atoms with Gasteiger partial charge in [-0.3, -0.25) is 19.7 Å². The van der Waals surface area contributed by atoms with Crippen LogP contribution in [0.2, 0.25) is 5.02 Å². The number of aliphatic hydroxyl groups is 1. The van der Waals surface area contributed by atoms with E-state index in [1.165, 1.54) is 29.2 Å². The van der Waals surface area contributed by atoms with Crippen LogP contribution in [-0.4, -0.2) is 45.3 Å². The molecule has 1 heterocycles. The van der Waals surface area contributed by atoms with Gasteiger partial charge in [0.25, 0.3) is 11.6 Å². The number of carbonyl (C=O) groups excluding carboxylic acids is 2. The molecule has 1 N–H and O–H groups in total. The zero-order valence-electron chi connectivity index (χ0n) is 15.0. The zero-order valence-corrected chi connectivity index (χ0v) is 15.7. The van der Waals surface area contributed by atoms with Crippen LogP contribution in [0.5, 0.6) is 0 Å². The number of aliphatic hydroxyl groups excluding tert-OH is 1. The Kier molecular flexibility index (Phi) is 6.06. The lowest BCUT2D eigenvalue weighted by Crippen LogP contribution is -2.41. The van der Waals surface area contributed by atoms with Crippen LogP contribution in [0.15, 0.2) is 48.5 Å². The predicted octanol–water partition coefficient (Wildman–Crippen LogP) is 3.03. The van der Waals surface area contributed by atoms with Crippen molar-refractivity contribution in [3.8, 4) is 0 Å². The van der Waals surface area contributed by atoms with E-state index in [9.17, 15) is 24.8 Å². The number of benzene rings is 2. The van der Waals surface area contributed by atoms with Crippen molar-refractivity contribution in [3.63, 3.8) is 0 Å². The Morgan fingerprint density at radius 1 is 1.18 bits per heavy atom. The Morgan fingerprint density at radius 3 is 2.54 bits per heavy atom. The number of aryl methyl sites for hydroxylation is 1. The molecule has 1 saturated heterocycles. The highest BCUT2D eigenvalue weighted by atomic mass is 35.5. The molecule has 28 heavy (non-hydrogen) atoms. The van der Waals surface area contributed by atoms with Gasteiger partial charge in [0.2, 0.25) is 0 Å². The average molecular weight is 403 g/mol. The van der Waals surface area contributed by atoms with Crippen molar-refractivity contribution in [2.75, 3.05) is 6.54 Å². The minimum Gasteiger partial charge on any atom is -0.391 e. The Balaban J connectivity index is 1.75. The van der Waals surface area contributed by atoms with Crippen LogP contribution in [0.1, 0.15) is 28.8 Å². The number of β-amino-alcohol motifs (C(OH)–C–C–N with tert-alkyl or cyclic N) is 1. The van der Waals surface area contributed by atoms with Gasteiger partial charge in [-0.2, -0.15) is 0 Å². The first-order chi connectivity index (χ1) is 13.4. The molecule has 8 heteroatoms. The number of halogens is 1. The molecule has 0 saturated carbocycles. The van der Waals surface area contributed by atoms with E-state index in [4.69, 9.17) is 11.6 Å². The molecule has 146 valence electrons. The van der Waals surface area contributed by atoms with Gasteiger partial charge in [-0.25, -0.2) is 0 Å². The van der Waals surface area contributed by atoms with E-state index < -0.39 is 23.0 Å². The number of nitro groups is 1. The lowest BCUT2D eigenvalue weighted by molar-refractivity contribution is -0.385. The van der Waals surface area contributed by atoms with Gasteiger partial charge in [-0.15, -0.1) is 0 Å². The lowest BCUT2D eigenvalue weighted by Gasteiger charge is -2.23. The average Bonchev–Trinajstić information content (AvgIpc) is 3.08. The molecule has 0 aromatic heterocycles. The number of para-hydroxylation sites is 1. The van der Waals surface area contributed by atoms with E-state index >= 15 is 0 Å². The molecule has 7 nitrogen and oxygen atoms in total. The van der Waals surface area contributed by atoms with E-state index in [0.29, 0.717) is 11.4 Å². The number of hydrogen-bond donors (Lipinski definition) is 1. The number of likely N-dealkylation sites (tertiary alicyclic amines) is 1. The third-order valence-electron chi connectivity index (χ3n) is 4.82. The van der Waals surface area contributed by atoms with E-state index in [-0.39, 0.29) is 36.4 Å². The van der Waals surface area contributed by atoms with Crippen LogP contribution in [0, 0.1) is 10.1 Å². The minimum absolute atomic E-state index is 0.0256. The minimum atomic E-state index is -0.837. The number of ketones is 1. The maximum Gasteiger partial charge on any atom is 0.282 e. The molecule has 0 bridgehead atoms. The summed E-state index contributed by atoms with van der Waals surface area (Å²) in [7, 11) is 0. The normalized spacial score (nSPS) is 18.9. The summed E-state index contributed by atoms with van der Waals surface area (Å²) in [4.78, 5) is 37.5. The summed E-state index contributed by atoms with van der Waals surface area (Å²) in [5, 5.41) is 21.8. The molecular weight excluding hydrogens is 384 g/mol. The fourth-order valence-electron chi connectivity index (χ4n) is 3.40. The van der Waals surface area contributed by atoms with E-state index in [1.807, 2.05) is 12.1 Å². The van der Waals surface area contributed by atoms with Crippen molar-refractivity contribution in [3.05, 3.63) is 74.8 Å². The first-order valence-electron chi connectivity index (χ1n) is 8.86. The first-order valence-corrected chi connectivity index (χ1v) is 9.24. The molecule has 2 aromatic rings. The molecule has 1 aliphatic rings. The first kappa shape index (κ1) is 20.0. The van der Waals surface area contributed by atoms with Crippen LogP contribution in [0.25, 0.3) is 0 Å². The third-order valence-corrected chi connectivity index (χ3v) is 5.07. The highest BCUT2D eigenvalue weighted by Crippen LogP contribution is 2.26. The van der Waals surface area contributed by atoms with Crippen molar-refractivity contribution in [2.45, 2.75) is 31.4 Å². The predicted molar refractivity (Wildman–Crippen MR) is 103 cm³/mol. The largest absolute Gasteiger partial charge is 0.391 e. The number of hydrogen-bond acceptors (Lipinski definition) is 5. The smallest absolute Gasteiger partial charge is 0.282 e. The molecule has 1 amide bonds. The second-order valence-electron chi connectivity index (χ2n) is 6.73. The van der Waals surface area contributed by atoms with Crippen molar-refractivity contribution in [1.82, 2.24) is 4.90 Å². The number of Topliss-reactive ketones (excluding diaryl/α,β-unsaturated/α-hetero) is 1. The molecule has 1 fully saturated rings. The zero-order chi connectivity index (χ0) is 20.3. The highest BCUT2D eigenvalue weighted by molar-refractivity contribution is 6.30. The Labute approximate surface area is 166 Å². The van der Waals surface area contributed by atoms with Gasteiger partial charge in [0.15, 0.2) is 5.78 Å². The number of carbonyl (C=O) groups is 2. The van der Waals surface area contributed by atoms with E-state index in [2.05, 4.69) is 0 Å². The van der Waals surface area contributed by atoms with Crippen molar-refractivity contribution >= 4 is 29.0 Å². The molecule has 2 atom stereocenters. The number of amides is 1. The van der Waals surface area contributed by atoms with Gasteiger partial charge in [0.1, 0.15) is 5.56 Å². The van der Waals surface area contributed by atoms with Crippen LogP contribution >= 0.6 is 11.6 Å².